The van der Waals surface area contributed by atoms with E-state index in [-0.39, 0.29) is 24.6 Å². The smallest absolute Gasteiger partial charge is 0.289 e. The molecule has 0 unspecified atom stereocenters. The molecule has 2 aliphatic heterocycles. The molecular formula is C19H21N3O5. The third-order valence-electron chi connectivity index (χ3n) is 4.90. The predicted octanol–water partition coefficient (Wildman–Crippen LogP) is 1.79. The summed E-state index contributed by atoms with van der Waals surface area (Å²) in [6.07, 6.45) is 1.49. The van der Waals surface area contributed by atoms with E-state index in [9.17, 15) is 9.59 Å². The Morgan fingerprint density at radius 2 is 1.85 bits per heavy atom. The average Bonchev–Trinajstić information content (AvgIpc) is 3.38. The molecule has 1 N–H and O–H groups in total. The van der Waals surface area contributed by atoms with Crippen molar-refractivity contribution < 1.29 is 23.5 Å². The van der Waals surface area contributed by atoms with Gasteiger partial charge in [0.15, 0.2) is 17.3 Å². The number of anilines is 1. The maximum atomic E-state index is 12.6. The molecular weight excluding hydrogens is 350 g/mol. The number of piperazine rings is 1. The van der Waals surface area contributed by atoms with Crippen LogP contribution in [0, 0.1) is 0 Å². The minimum atomic E-state index is -0.309. The Hall–Kier alpha value is -3.00. The fourth-order valence-electron chi connectivity index (χ4n) is 3.26. The maximum absolute atomic E-state index is 12.6. The zero-order chi connectivity index (χ0) is 18.8. The van der Waals surface area contributed by atoms with Gasteiger partial charge in [-0.05, 0) is 31.2 Å². The Balaban J connectivity index is 1.31. The van der Waals surface area contributed by atoms with Crippen LogP contribution in [0.2, 0.25) is 0 Å². The highest BCUT2D eigenvalue weighted by Crippen LogP contribution is 2.34. The van der Waals surface area contributed by atoms with Crippen LogP contribution < -0.4 is 14.8 Å². The van der Waals surface area contributed by atoms with Crippen LogP contribution in [-0.4, -0.2) is 60.6 Å². The van der Waals surface area contributed by atoms with Crippen molar-refractivity contribution in [1.29, 1.82) is 0 Å². The van der Waals surface area contributed by atoms with Crippen LogP contribution in [-0.2, 0) is 4.79 Å². The van der Waals surface area contributed by atoms with Crippen molar-refractivity contribution in [3.05, 3.63) is 42.4 Å². The highest BCUT2D eigenvalue weighted by Gasteiger charge is 2.29. The molecule has 1 fully saturated rings. The van der Waals surface area contributed by atoms with Crippen LogP contribution in [0.15, 0.2) is 41.0 Å². The van der Waals surface area contributed by atoms with E-state index in [1.165, 1.54) is 6.26 Å². The lowest BCUT2D eigenvalue weighted by Crippen LogP contribution is -2.54. The summed E-state index contributed by atoms with van der Waals surface area (Å²) in [5.74, 6) is 1.44. The molecule has 1 aromatic heterocycles. The number of amides is 2. The first-order valence-electron chi connectivity index (χ1n) is 8.89. The second kappa shape index (κ2) is 7.32. The SMILES string of the molecule is C[C@@H](C(=O)Nc1ccc2c(c1)OCO2)N1CCN(C(=O)c2ccco2)CC1. The van der Waals surface area contributed by atoms with Gasteiger partial charge in [-0.2, -0.15) is 0 Å². The van der Waals surface area contributed by atoms with Crippen molar-refractivity contribution in [2.45, 2.75) is 13.0 Å². The number of nitrogens with one attached hydrogen (secondary N) is 1. The third-order valence-corrected chi connectivity index (χ3v) is 4.90. The molecule has 4 rings (SSSR count). The number of fused-ring (bicyclic) bond motifs is 1. The van der Waals surface area contributed by atoms with Crippen molar-refractivity contribution in [2.75, 3.05) is 38.3 Å². The van der Waals surface area contributed by atoms with Crippen molar-refractivity contribution >= 4 is 17.5 Å². The van der Waals surface area contributed by atoms with Gasteiger partial charge in [-0.3, -0.25) is 14.5 Å². The summed E-state index contributed by atoms with van der Waals surface area (Å²) in [6.45, 7) is 4.43. The van der Waals surface area contributed by atoms with E-state index in [0.717, 1.165) is 0 Å². The zero-order valence-corrected chi connectivity index (χ0v) is 15.0. The Bertz CT molecular complexity index is 828. The van der Waals surface area contributed by atoms with Gasteiger partial charge in [-0.1, -0.05) is 0 Å². The highest BCUT2D eigenvalue weighted by molar-refractivity contribution is 5.95. The van der Waals surface area contributed by atoms with E-state index in [1.807, 2.05) is 6.92 Å². The second-order valence-electron chi connectivity index (χ2n) is 6.54. The highest BCUT2D eigenvalue weighted by atomic mass is 16.7. The molecule has 0 bridgehead atoms. The summed E-state index contributed by atoms with van der Waals surface area (Å²) in [6, 6.07) is 8.38. The van der Waals surface area contributed by atoms with Gasteiger partial charge in [-0.25, -0.2) is 0 Å². The van der Waals surface area contributed by atoms with Crippen molar-refractivity contribution in [1.82, 2.24) is 9.80 Å². The lowest BCUT2D eigenvalue weighted by Gasteiger charge is -2.37. The molecule has 2 aliphatic rings. The molecule has 0 saturated carbocycles. The molecule has 2 amide bonds. The Morgan fingerprint density at radius 3 is 2.59 bits per heavy atom. The molecule has 3 heterocycles. The van der Waals surface area contributed by atoms with Crippen molar-refractivity contribution in [3.63, 3.8) is 0 Å². The standard InChI is InChI=1S/C19H21N3O5/c1-13(18(23)20-14-4-5-15-17(11-14)27-12-26-15)21-6-8-22(9-7-21)19(24)16-3-2-10-25-16/h2-5,10-11,13H,6-9,12H2,1H3,(H,20,23)/t13-/m0/s1. The van der Waals surface area contributed by atoms with Gasteiger partial charge in [0.1, 0.15) is 0 Å². The largest absolute Gasteiger partial charge is 0.459 e. The molecule has 27 heavy (non-hydrogen) atoms. The number of carbonyl (C=O) groups is 2. The monoisotopic (exact) mass is 371 g/mol. The van der Waals surface area contributed by atoms with Gasteiger partial charge in [0.05, 0.1) is 12.3 Å². The molecule has 2 aromatic rings. The first-order valence-corrected chi connectivity index (χ1v) is 8.89. The molecule has 0 radical (unpaired) electrons. The molecule has 1 aromatic carbocycles. The number of rotatable bonds is 4. The average molecular weight is 371 g/mol. The van der Waals surface area contributed by atoms with Crippen molar-refractivity contribution in [3.8, 4) is 11.5 Å². The lowest BCUT2D eigenvalue weighted by molar-refractivity contribution is -0.121. The van der Waals surface area contributed by atoms with E-state index in [2.05, 4.69) is 10.2 Å². The summed E-state index contributed by atoms with van der Waals surface area (Å²) in [7, 11) is 0. The first-order chi connectivity index (χ1) is 13.1. The van der Waals surface area contributed by atoms with Crippen LogP contribution in [0.5, 0.6) is 11.5 Å². The van der Waals surface area contributed by atoms with Gasteiger partial charge in [0.25, 0.3) is 5.91 Å². The van der Waals surface area contributed by atoms with Crippen LogP contribution >= 0.6 is 0 Å². The normalized spacial score (nSPS) is 17.6. The van der Waals surface area contributed by atoms with Gasteiger partial charge in [0, 0.05) is 37.9 Å². The molecule has 0 spiro atoms. The van der Waals surface area contributed by atoms with Crippen LogP contribution in [0.3, 0.4) is 0 Å². The number of nitrogens with zero attached hydrogens (tertiary/aromatic N) is 2. The Kier molecular flexibility index (Phi) is 4.72. The Labute approximate surface area is 156 Å². The fourth-order valence-corrected chi connectivity index (χ4v) is 3.26. The van der Waals surface area contributed by atoms with Gasteiger partial charge < -0.3 is 24.1 Å². The number of carbonyl (C=O) groups excluding carboxylic acids is 2. The summed E-state index contributed by atoms with van der Waals surface area (Å²) in [4.78, 5) is 28.7. The summed E-state index contributed by atoms with van der Waals surface area (Å²) in [5.41, 5.74) is 0.669. The lowest BCUT2D eigenvalue weighted by atomic mass is 10.2. The zero-order valence-electron chi connectivity index (χ0n) is 15.0. The predicted molar refractivity (Wildman–Crippen MR) is 96.8 cm³/mol. The number of furan rings is 1. The third kappa shape index (κ3) is 3.61. The van der Waals surface area contributed by atoms with Gasteiger partial charge >= 0.3 is 0 Å². The molecule has 1 saturated heterocycles. The topological polar surface area (TPSA) is 84.3 Å². The molecule has 0 aliphatic carbocycles. The number of hydrogen-bond acceptors (Lipinski definition) is 6. The van der Waals surface area contributed by atoms with Crippen LogP contribution in [0.1, 0.15) is 17.5 Å². The summed E-state index contributed by atoms with van der Waals surface area (Å²) in [5, 5.41) is 2.91. The van der Waals surface area contributed by atoms with Crippen LogP contribution in [0.25, 0.3) is 0 Å². The summed E-state index contributed by atoms with van der Waals surface area (Å²) < 4.78 is 15.8. The number of ether oxygens (including phenoxy) is 2. The van der Waals surface area contributed by atoms with E-state index in [4.69, 9.17) is 13.9 Å². The molecule has 8 nitrogen and oxygen atoms in total. The minimum absolute atomic E-state index is 0.0975. The molecule has 142 valence electrons. The van der Waals surface area contributed by atoms with Gasteiger partial charge in [-0.15, -0.1) is 0 Å². The van der Waals surface area contributed by atoms with E-state index < -0.39 is 0 Å². The molecule has 1 atom stereocenters. The minimum Gasteiger partial charge on any atom is -0.459 e. The fraction of sp³-hybridized carbons (Fsp3) is 0.368. The summed E-state index contributed by atoms with van der Waals surface area (Å²) >= 11 is 0. The maximum Gasteiger partial charge on any atom is 0.289 e. The molecule has 8 heteroatoms. The van der Waals surface area contributed by atoms with Crippen molar-refractivity contribution in [2.24, 2.45) is 0 Å². The van der Waals surface area contributed by atoms with E-state index in [1.54, 1.807) is 35.2 Å². The van der Waals surface area contributed by atoms with E-state index in [0.29, 0.717) is 49.1 Å². The van der Waals surface area contributed by atoms with E-state index >= 15 is 0 Å². The Morgan fingerprint density at radius 1 is 1.07 bits per heavy atom. The van der Waals surface area contributed by atoms with Crippen LogP contribution in [0.4, 0.5) is 5.69 Å². The van der Waals surface area contributed by atoms with Gasteiger partial charge in [0.2, 0.25) is 12.7 Å². The number of hydrogen-bond donors (Lipinski definition) is 1. The second-order valence-corrected chi connectivity index (χ2v) is 6.54. The first kappa shape index (κ1) is 17.4. The number of benzene rings is 1. The quantitative estimate of drug-likeness (QED) is 0.882.